The Morgan fingerprint density at radius 1 is 1.47 bits per heavy atom. The molecule has 0 spiro atoms. The van der Waals surface area contributed by atoms with E-state index in [2.05, 4.69) is 20.7 Å². The average molecular weight is 350 g/mol. The molecule has 108 valence electrons. The molecule has 1 rings (SSSR count). The van der Waals surface area contributed by atoms with Crippen molar-refractivity contribution < 1.29 is 8.42 Å². The van der Waals surface area contributed by atoms with Crippen molar-refractivity contribution in [2.75, 3.05) is 20.1 Å². The summed E-state index contributed by atoms with van der Waals surface area (Å²) in [5, 5.41) is 0. The molecule has 0 fully saturated rings. The average Bonchev–Trinajstić information content (AvgIpc) is 2.35. The van der Waals surface area contributed by atoms with Gasteiger partial charge in [0.05, 0.1) is 0 Å². The molecule has 0 heterocycles. The number of nitrogens with one attached hydrogen (secondary N) is 1. The third kappa shape index (κ3) is 5.19. The van der Waals surface area contributed by atoms with Crippen molar-refractivity contribution in [1.29, 1.82) is 0 Å². The maximum atomic E-state index is 12.1. The maximum absolute atomic E-state index is 12.1. The Kier molecular flexibility index (Phi) is 6.41. The zero-order chi connectivity index (χ0) is 14.5. The molecule has 0 amide bonds. The molecule has 0 aliphatic carbocycles. The zero-order valence-electron chi connectivity index (χ0n) is 11.1. The van der Waals surface area contributed by atoms with E-state index in [0.29, 0.717) is 19.5 Å². The molecule has 1 atom stereocenters. The summed E-state index contributed by atoms with van der Waals surface area (Å²) in [6.07, 6.45) is 0.642. The van der Waals surface area contributed by atoms with E-state index >= 15 is 0 Å². The molecule has 3 N–H and O–H groups in total. The summed E-state index contributed by atoms with van der Waals surface area (Å²) < 4.78 is 29.0. The van der Waals surface area contributed by atoms with E-state index in [4.69, 9.17) is 5.73 Å². The lowest BCUT2D eigenvalue weighted by atomic mass is 10.1. The van der Waals surface area contributed by atoms with Gasteiger partial charge in [0.15, 0.2) is 0 Å². The number of nitrogens with zero attached hydrogens (tertiary/aromatic N) is 1. The fourth-order valence-corrected chi connectivity index (χ4v) is 3.14. The van der Waals surface area contributed by atoms with Crippen LogP contribution in [0.4, 0.5) is 0 Å². The smallest absolute Gasteiger partial charge is 0.279 e. The zero-order valence-corrected chi connectivity index (χ0v) is 13.5. The van der Waals surface area contributed by atoms with E-state index in [0.717, 1.165) is 10.0 Å². The first-order valence-electron chi connectivity index (χ1n) is 6.06. The Hall–Kier alpha value is -0.470. The van der Waals surface area contributed by atoms with Crippen LogP contribution >= 0.6 is 15.9 Å². The standard InChI is InChI=1S/C12H20BrN3O2S/c1-10(11-5-3-6-12(13)9-11)15-19(17,18)16(2)8-4-7-14/h3,5-6,9-10,15H,4,7-8,14H2,1-2H3. The largest absolute Gasteiger partial charge is 0.330 e. The molecule has 5 nitrogen and oxygen atoms in total. The number of nitrogens with two attached hydrogens (primary N) is 1. The summed E-state index contributed by atoms with van der Waals surface area (Å²) in [6.45, 7) is 2.70. The highest BCUT2D eigenvalue weighted by Crippen LogP contribution is 2.18. The lowest BCUT2D eigenvalue weighted by Crippen LogP contribution is -2.40. The second kappa shape index (κ2) is 7.35. The quantitative estimate of drug-likeness (QED) is 0.785. The third-order valence-corrected chi connectivity index (χ3v) is 4.91. The van der Waals surface area contributed by atoms with Crippen molar-refractivity contribution >= 4 is 26.1 Å². The van der Waals surface area contributed by atoms with E-state index < -0.39 is 10.2 Å². The topological polar surface area (TPSA) is 75.4 Å². The third-order valence-electron chi connectivity index (χ3n) is 2.76. The fraction of sp³-hybridized carbons (Fsp3) is 0.500. The van der Waals surface area contributed by atoms with Gasteiger partial charge in [0.1, 0.15) is 0 Å². The second-order valence-corrected chi connectivity index (χ2v) is 7.09. The molecule has 0 saturated heterocycles. The van der Waals surface area contributed by atoms with Crippen LogP contribution in [-0.4, -0.2) is 32.9 Å². The maximum Gasteiger partial charge on any atom is 0.279 e. The number of rotatable bonds is 7. The van der Waals surface area contributed by atoms with Crippen LogP contribution in [0.2, 0.25) is 0 Å². The van der Waals surface area contributed by atoms with Crippen molar-refractivity contribution in [3.8, 4) is 0 Å². The molecule has 7 heteroatoms. The SMILES string of the molecule is CC(NS(=O)(=O)N(C)CCCN)c1cccc(Br)c1. The summed E-state index contributed by atoms with van der Waals surface area (Å²) in [4.78, 5) is 0. The number of halogens is 1. The fourth-order valence-electron chi connectivity index (χ4n) is 1.59. The van der Waals surface area contributed by atoms with Crippen molar-refractivity contribution in [1.82, 2.24) is 9.03 Å². The van der Waals surface area contributed by atoms with Crippen LogP contribution in [0.5, 0.6) is 0 Å². The molecule has 1 aromatic rings. The summed E-state index contributed by atoms with van der Waals surface area (Å²) in [6, 6.07) is 7.27. The predicted molar refractivity (Wildman–Crippen MR) is 80.9 cm³/mol. The van der Waals surface area contributed by atoms with Gasteiger partial charge in [-0.2, -0.15) is 17.4 Å². The van der Waals surface area contributed by atoms with Crippen LogP contribution in [-0.2, 0) is 10.2 Å². The molecule has 0 radical (unpaired) electrons. The number of hydrogen-bond donors (Lipinski definition) is 2. The minimum Gasteiger partial charge on any atom is -0.330 e. The van der Waals surface area contributed by atoms with Crippen molar-refractivity contribution in [2.45, 2.75) is 19.4 Å². The van der Waals surface area contributed by atoms with Gasteiger partial charge in [0, 0.05) is 24.1 Å². The summed E-state index contributed by atoms with van der Waals surface area (Å²) in [5.74, 6) is 0. The van der Waals surface area contributed by atoms with E-state index in [9.17, 15) is 8.42 Å². The predicted octanol–water partition coefficient (Wildman–Crippen LogP) is 1.63. The monoisotopic (exact) mass is 349 g/mol. The number of hydrogen-bond acceptors (Lipinski definition) is 3. The normalized spacial score (nSPS) is 13.7. The van der Waals surface area contributed by atoms with Gasteiger partial charge in [-0.1, -0.05) is 28.1 Å². The Balaban J connectivity index is 2.72. The molecular weight excluding hydrogens is 330 g/mol. The van der Waals surface area contributed by atoms with Gasteiger partial charge in [-0.15, -0.1) is 0 Å². The highest BCUT2D eigenvalue weighted by Gasteiger charge is 2.20. The molecule has 0 saturated carbocycles. The summed E-state index contributed by atoms with van der Waals surface area (Å²) in [5.41, 5.74) is 6.29. The Morgan fingerprint density at radius 2 is 2.16 bits per heavy atom. The molecule has 1 unspecified atom stereocenters. The molecule has 19 heavy (non-hydrogen) atoms. The summed E-state index contributed by atoms with van der Waals surface area (Å²) >= 11 is 3.37. The van der Waals surface area contributed by atoms with Crippen LogP contribution in [0.25, 0.3) is 0 Å². The van der Waals surface area contributed by atoms with Gasteiger partial charge in [-0.25, -0.2) is 0 Å². The minimum absolute atomic E-state index is 0.289. The first-order chi connectivity index (χ1) is 8.86. The Bertz CT molecular complexity index is 507. The highest BCUT2D eigenvalue weighted by molar-refractivity contribution is 9.10. The Morgan fingerprint density at radius 3 is 2.74 bits per heavy atom. The molecule has 0 aliphatic heterocycles. The lowest BCUT2D eigenvalue weighted by Gasteiger charge is -2.21. The molecule has 0 aliphatic rings. The highest BCUT2D eigenvalue weighted by atomic mass is 79.9. The van der Waals surface area contributed by atoms with E-state index in [-0.39, 0.29) is 6.04 Å². The van der Waals surface area contributed by atoms with E-state index in [1.165, 1.54) is 4.31 Å². The lowest BCUT2D eigenvalue weighted by molar-refractivity contribution is 0.446. The molecule has 0 bridgehead atoms. The molecule has 0 aromatic heterocycles. The van der Waals surface area contributed by atoms with E-state index in [1.54, 1.807) is 7.05 Å². The summed E-state index contributed by atoms with van der Waals surface area (Å²) in [7, 11) is -1.93. The minimum atomic E-state index is -3.48. The van der Waals surface area contributed by atoms with Crippen LogP contribution in [0.3, 0.4) is 0 Å². The van der Waals surface area contributed by atoms with E-state index in [1.807, 2.05) is 31.2 Å². The van der Waals surface area contributed by atoms with Gasteiger partial charge in [0.2, 0.25) is 0 Å². The van der Waals surface area contributed by atoms with Crippen LogP contribution < -0.4 is 10.5 Å². The van der Waals surface area contributed by atoms with Crippen molar-refractivity contribution in [3.05, 3.63) is 34.3 Å². The first-order valence-corrected chi connectivity index (χ1v) is 8.29. The second-order valence-electron chi connectivity index (χ2n) is 4.36. The van der Waals surface area contributed by atoms with Gasteiger partial charge >= 0.3 is 0 Å². The van der Waals surface area contributed by atoms with Gasteiger partial charge in [0.25, 0.3) is 10.2 Å². The van der Waals surface area contributed by atoms with Crippen LogP contribution in [0, 0.1) is 0 Å². The van der Waals surface area contributed by atoms with Gasteiger partial charge in [-0.3, -0.25) is 0 Å². The van der Waals surface area contributed by atoms with Gasteiger partial charge in [-0.05, 0) is 37.6 Å². The molecule has 1 aromatic carbocycles. The van der Waals surface area contributed by atoms with Gasteiger partial charge < -0.3 is 5.73 Å². The first kappa shape index (κ1) is 16.6. The van der Waals surface area contributed by atoms with Crippen LogP contribution in [0.15, 0.2) is 28.7 Å². The Labute approximate surface area is 123 Å². The van der Waals surface area contributed by atoms with Crippen LogP contribution in [0.1, 0.15) is 24.9 Å². The number of benzene rings is 1. The van der Waals surface area contributed by atoms with Crippen molar-refractivity contribution in [3.63, 3.8) is 0 Å². The van der Waals surface area contributed by atoms with Crippen molar-refractivity contribution in [2.24, 2.45) is 5.73 Å². The molecular formula is C12H20BrN3O2S.